The van der Waals surface area contributed by atoms with Crippen LogP contribution < -0.4 is 11.1 Å². The zero-order valence-electron chi connectivity index (χ0n) is 12.1. The molecule has 2 rings (SSSR count). The molecule has 0 aliphatic rings. The minimum absolute atomic E-state index is 0. The van der Waals surface area contributed by atoms with E-state index in [1.54, 1.807) is 6.20 Å². The number of nitrogens with zero attached hydrogens (tertiary/aromatic N) is 2. The lowest BCUT2D eigenvalue weighted by Gasteiger charge is -2.21. The van der Waals surface area contributed by atoms with Crippen LogP contribution >= 0.6 is 24.0 Å². The van der Waals surface area contributed by atoms with Gasteiger partial charge in [-0.05, 0) is 38.5 Å². The van der Waals surface area contributed by atoms with E-state index in [0.717, 1.165) is 16.5 Å². The van der Waals surface area contributed by atoms with Crippen LogP contribution in [-0.2, 0) is 6.54 Å². The number of nitrogens with one attached hydrogen (secondary N) is 1. The number of hydrogen-bond donors (Lipinski definition) is 2. The molecule has 0 saturated heterocycles. The largest absolute Gasteiger partial charge is 0.370 e. The second-order valence-electron chi connectivity index (χ2n) is 5.56. The van der Waals surface area contributed by atoms with Crippen molar-refractivity contribution >= 4 is 40.8 Å². The van der Waals surface area contributed by atoms with Crippen LogP contribution in [0, 0.1) is 0 Å². The fraction of sp³-hybridized carbons (Fsp3) is 0.333. The maximum absolute atomic E-state index is 5.88. The van der Waals surface area contributed by atoms with E-state index in [0.29, 0.717) is 12.5 Å². The lowest BCUT2D eigenvalue weighted by molar-refractivity contribution is 0.508. The van der Waals surface area contributed by atoms with Crippen molar-refractivity contribution in [2.75, 3.05) is 0 Å². The molecule has 0 atom stereocenters. The molecule has 0 aliphatic carbocycles. The standard InChI is InChI=1S/C15H20N4.HI/c1-15(2,3)19-14(16)18-10-11-8-9-17-13-7-5-4-6-12(11)13;/h4-9H,10H2,1-3H3,(H3,16,18,19);1H. The summed E-state index contributed by atoms with van der Waals surface area (Å²) < 4.78 is 0. The van der Waals surface area contributed by atoms with Crippen molar-refractivity contribution in [2.24, 2.45) is 10.7 Å². The van der Waals surface area contributed by atoms with Gasteiger partial charge in [0.25, 0.3) is 0 Å². The Morgan fingerprint density at radius 3 is 2.65 bits per heavy atom. The molecule has 1 aromatic heterocycles. The monoisotopic (exact) mass is 384 g/mol. The fourth-order valence-electron chi connectivity index (χ4n) is 1.89. The predicted molar refractivity (Wildman–Crippen MR) is 95.4 cm³/mol. The van der Waals surface area contributed by atoms with Gasteiger partial charge in [0.2, 0.25) is 0 Å². The number of benzene rings is 1. The molecule has 5 heteroatoms. The minimum Gasteiger partial charge on any atom is -0.370 e. The van der Waals surface area contributed by atoms with E-state index in [1.165, 1.54) is 0 Å². The molecule has 20 heavy (non-hydrogen) atoms. The van der Waals surface area contributed by atoms with E-state index in [4.69, 9.17) is 5.73 Å². The molecule has 108 valence electrons. The smallest absolute Gasteiger partial charge is 0.189 e. The molecular weight excluding hydrogens is 363 g/mol. The topological polar surface area (TPSA) is 63.3 Å². The second-order valence-corrected chi connectivity index (χ2v) is 5.56. The third-order valence-electron chi connectivity index (χ3n) is 2.66. The summed E-state index contributed by atoms with van der Waals surface area (Å²) >= 11 is 0. The van der Waals surface area contributed by atoms with Crippen molar-refractivity contribution in [2.45, 2.75) is 32.9 Å². The lowest BCUT2D eigenvalue weighted by atomic mass is 10.1. The van der Waals surface area contributed by atoms with Crippen molar-refractivity contribution in [3.05, 3.63) is 42.1 Å². The molecule has 0 bridgehead atoms. The van der Waals surface area contributed by atoms with Gasteiger partial charge in [0.05, 0.1) is 12.1 Å². The summed E-state index contributed by atoms with van der Waals surface area (Å²) in [5.74, 6) is 0.466. The number of pyridine rings is 1. The van der Waals surface area contributed by atoms with Gasteiger partial charge in [0, 0.05) is 17.1 Å². The molecule has 0 unspecified atom stereocenters. The molecule has 1 aromatic carbocycles. The summed E-state index contributed by atoms with van der Waals surface area (Å²) in [6.07, 6.45) is 1.81. The summed E-state index contributed by atoms with van der Waals surface area (Å²) in [5.41, 5.74) is 7.91. The Kier molecular flexibility index (Phi) is 5.74. The molecule has 3 N–H and O–H groups in total. The van der Waals surface area contributed by atoms with E-state index >= 15 is 0 Å². The number of nitrogens with two attached hydrogens (primary N) is 1. The van der Waals surface area contributed by atoms with Crippen LogP contribution in [0.25, 0.3) is 10.9 Å². The highest BCUT2D eigenvalue weighted by Crippen LogP contribution is 2.16. The number of hydrogen-bond acceptors (Lipinski definition) is 2. The molecule has 0 radical (unpaired) electrons. The Morgan fingerprint density at radius 2 is 1.95 bits per heavy atom. The van der Waals surface area contributed by atoms with Crippen LogP contribution in [0.4, 0.5) is 0 Å². The Hall–Kier alpha value is -1.37. The third-order valence-corrected chi connectivity index (χ3v) is 2.66. The van der Waals surface area contributed by atoms with Gasteiger partial charge < -0.3 is 11.1 Å². The zero-order valence-corrected chi connectivity index (χ0v) is 14.4. The van der Waals surface area contributed by atoms with Gasteiger partial charge >= 0.3 is 0 Å². The van der Waals surface area contributed by atoms with Crippen LogP contribution in [0.2, 0.25) is 0 Å². The molecule has 0 aliphatic heterocycles. The first-order valence-corrected chi connectivity index (χ1v) is 6.36. The number of para-hydroxylation sites is 1. The number of halogens is 1. The SMILES string of the molecule is CC(C)(C)NC(N)=NCc1ccnc2ccccc12.I. The highest BCUT2D eigenvalue weighted by Gasteiger charge is 2.09. The number of aromatic nitrogens is 1. The van der Waals surface area contributed by atoms with Crippen molar-refractivity contribution < 1.29 is 0 Å². The van der Waals surface area contributed by atoms with E-state index in [9.17, 15) is 0 Å². The van der Waals surface area contributed by atoms with Gasteiger partial charge in [-0.15, -0.1) is 24.0 Å². The van der Waals surface area contributed by atoms with Gasteiger partial charge in [0.1, 0.15) is 0 Å². The van der Waals surface area contributed by atoms with E-state index < -0.39 is 0 Å². The Balaban J connectivity index is 0.00000200. The number of guanidine groups is 1. The summed E-state index contributed by atoms with van der Waals surface area (Å²) in [4.78, 5) is 8.72. The van der Waals surface area contributed by atoms with Crippen molar-refractivity contribution in [1.29, 1.82) is 0 Å². The van der Waals surface area contributed by atoms with Crippen LogP contribution in [-0.4, -0.2) is 16.5 Å². The van der Waals surface area contributed by atoms with Gasteiger partial charge in [-0.3, -0.25) is 4.98 Å². The Morgan fingerprint density at radius 1 is 1.25 bits per heavy atom. The maximum atomic E-state index is 5.88. The quantitative estimate of drug-likeness (QED) is 0.475. The predicted octanol–water partition coefficient (Wildman–Crippen LogP) is 3.06. The van der Waals surface area contributed by atoms with Crippen molar-refractivity contribution in [3.8, 4) is 0 Å². The van der Waals surface area contributed by atoms with Crippen molar-refractivity contribution in [1.82, 2.24) is 10.3 Å². The van der Waals surface area contributed by atoms with E-state index in [2.05, 4.69) is 42.1 Å². The first kappa shape index (κ1) is 16.7. The van der Waals surface area contributed by atoms with Crippen LogP contribution in [0.3, 0.4) is 0 Å². The van der Waals surface area contributed by atoms with Crippen molar-refractivity contribution in [3.63, 3.8) is 0 Å². The van der Waals surface area contributed by atoms with E-state index in [1.807, 2.05) is 24.3 Å². The molecule has 0 amide bonds. The average molecular weight is 384 g/mol. The van der Waals surface area contributed by atoms with Crippen LogP contribution in [0.5, 0.6) is 0 Å². The Bertz CT molecular complexity index is 597. The van der Waals surface area contributed by atoms with Gasteiger partial charge in [0.15, 0.2) is 5.96 Å². The number of fused-ring (bicyclic) bond motifs is 1. The van der Waals surface area contributed by atoms with Gasteiger partial charge in [-0.1, -0.05) is 18.2 Å². The van der Waals surface area contributed by atoms with E-state index in [-0.39, 0.29) is 29.5 Å². The maximum Gasteiger partial charge on any atom is 0.189 e. The third kappa shape index (κ3) is 4.63. The summed E-state index contributed by atoms with van der Waals surface area (Å²) in [5, 5.41) is 4.27. The minimum atomic E-state index is -0.0755. The molecule has 4 nitrogen and oxygen atoms in total. The molecule has 0 saturated carbocycles. The lowest BCUT2D eigenvalue weighted by Crippen LogP contribution is -2.44. The highest BCUT2D eigenvalue weighted by molar-refractivity contribution is 14.0. The summed E-state index contributed by atoms with van der Waals surface area (Å²) in [7, 11) is 0. The molecule has 0 spiro atoms. The molecule has 0 fully saturated rings. The molecular formula is C15H21IN4. The normalized spacial score (nSPS) is 12.1. The van der Waals surface area contributed by atoms with Gasteiger partial charge in [-0.2, -0.15) is 0 Å². The van der Waals surface area contributed by atoms with Crippen LogP contribution in [0.15, 0.2) is 41.5 Å². The Labute approximate surface area is 136 Å². The zero-order chi connectivity index (χ0) is 13.9. The summed E-state index contributed by atoms with van der Waals surface area (Å²) in [6.45, 7) is 6.71. The highest BCUT2D eigenvalue weighted by atomic mass is 127. The fourth-order valence-corrected chi connectivity index (χ4v) is 1.89. The number of rotatable bonds is 2. The number of aliphatic imine (C=N–C) groups is 1. The first-order chi connectivity index (χ1) is 8.96. The van der Waals surface area contributed by atoms with Gasteiger partial charge in [-0.25, -0.2) is 4.99 Å². The molecule has 2 aromatic rings. The summed E-state index contributed by atoms with van der Waals surface area (Å²) in [6, 6.07) is 10.0. The average Bonchev–Trinajstić information content (AvgIpc) is 2.34. The second kappa shape index (κ2) is 6.88. The molecule has 1 heterocycles. The van der Waals surface area contributed by atoms with Crippen LogP contribution in [0.1, 0.15) is 26.3 Å². The first-order valence-electron chi connectivity index (χ1n) is 6.36.